The van der Waals surface area contributed by atoms with E-state index in [0.717, 1.165) is 50.5 Å². The number of aryl methyl sites for hydroxylation is 1. The summed E-state index contributed by atoms with van der Waals surface area (Å²) in [4.78, 5) is 24.3. The molecular formula is C21H30N2O5S. The van der Waals surface area contributed by atoms with Crippen LogP contribution in [0.25, 0.3) is 0 Å². The number of benzene rings is 1. The lowest BCUT2D eigenvalue weighted by Crippen LogP contribution is -2.35. The maximum absolute atomic E-state index is 12.9. The van der Waals surface area contributed by atoms with Gasteiger partial charge in [-0.3, -0.25) is 9.59 Å². The molecule has 1 heterocycles. The normalized spacial score (nSPS) is 18.5. The van der Waals surface area contributed by atoms with Crippen molar-refractivity contribution in [1.82, 2.24) is 4.31 Å². The molecule has 29 heavy (non-hydrogen) atoms. The van der Waals surface area contributed by atoms with E-state index in [1.807, 2.05) is 0 Å². The Hall–Kier alpha value is -1.93. The number of ether oxygens (including phenoxy) is 1. The highest BCUT2D eigenvalue weighted by Gasteiger charge is 2.26. The topological polar surface area (TPSA) is 92.8 Å². The standard InChI is InChI=1S/C21H30N2O5S/c1-16-9-10-18(29(26,27)23-11-5-2-6-12-23)14-19(16)22-20(24)15-28-21(25)13-17-7-3-4-8-17/h9-10,14,17H,2-8,11-13,15H2,1H3,(H,22,24). The molecule has 0 unspecified atom stereocenters. The lowest BCUT2D eigenvalue weighted by molar-refractivity contribution is -0.148. The Labute approximate surface area is 172 Å². The summed E-state index contributed by atoms with van der Waals surface area (Å²) in [5.41, 5.74) is 1.16. The van der Waals surface area contributed by atoms with Crippen molar-refractivity contribution in [3.8, 4) is 0 Å². The predicted octanol–water partition coefficient (Wildman–Crippen LogP) is 3.23. The van der Waals surface area contributed by atoms with E-state index in [9.17, 15) is 18.0 Å². The van der Waals surface area contributed by atoms with Gasteiger partial charge in [0.1, 0.15) is 0 Å². The Balaban J connectivity index is 1.59. The van der Waals surface area contributed by atoms with E-state index in [4.69, 9.17) is 4.74 Å². The Morgan fingerprint density at radius 2 is 1.79 bits per heavy atom. The average Bonchev–Trinajstić information content (AvgIpc) is 3.21. The smallest absolute Gasteiger partial charge is 0.306 e. The first-order valence-corrected chi connectivity index (χ1v) is 11.9. The van der Waals surface area contributed by atoms with Crippen molar-refractivity contribution >= 4 is 27.6 Å². The molecule has 3 rings (SSSR count). The average molecular weight is 423 g/mol. The fraction of sp³-hybridized carbons (Fsp3) is 0.619. The van der Waals surface area contributed by atoms with Gasteiger partial charge in [0.05, 0.1) is 4.90 Å². The number of sulfonamides is 1. The lowest BCUT2D eigenvalue weighted by Gasteiger charge is -2.26. The highest BCUT2D eigenvalue weighted by molar-refractivity contribution is 7.89. The van der Waals surface area contributed by atoms with Crippen LogP contribution in [0.2, 0.25) is 0 Å². The third kappa shape index (κ3) is 5.79. The molecule has 0 spiro atoms. The molecule has 1 amide bonds. The molecule has 2 aliphatic rings. The van der Waals surface area contributed by atoms with Crippen molar-refractivity contribution < 1.29 is 22.7 Å². The zero-order chi connectivity index (χ0) is 20.9. The first-order chi connectivity index (χ1) is 13.9. The monoisotopic (exact) mass is 422 g/mol. The molecule has 1 aromatic carbocycles. The second-order valence-corrected chi connectivity index (χ2v) is 9.94. The van der Waals surface area contributed by atoms with Crippen LogP contribution in [-0.2, 0) is 24.3 Å². The van der Waals surface area contributed by atoms with Crippen LogP contribution in [0.5, 0.6) is 0 Å². The zero-order valence-corrected chi connectivity index (χ0v) is 17.8. The summed E-state index contributed by atoms with van der Waals surface area (Å²) in [6.45, 7) is 2.47. The van der Waals surface area contributed by atoms with Gasteiger partial charge in [0.2, 0.25) is 10.0 Å². The van der Waals surface area contributed by atoms with Gasteiger partial charge < -0.3 is 10.1 Å². The van der Waals surface area contributed by atoms with Gasteiger partial charge in [-0.2, -0.15) is 4.31 Å². The van der Waals surface area contributed by atoms with Crippen LogP contribution in [0.3, 0.4) is 0 Å². The molecule has 160 valence electrons. The van der Waals surface area contributed by atoms with Crippen LogP contribution in [0, 0.1) is 12.8 Å². The van der Waals surface area contributed by atoms with Crippen LogP contribution in [0.15, 0.2) is 23.1 Å². The summed E-state index contributed by atoms with van der Waals surface area (Å²) >= 11 is 0. The molecule has 1 saturated heterocycles. The van der Waals surface area contributed by atoms with Gasteiger partial charge in [0, 0.05) is 25.2 Å². The van der Waals surface area contributed by atoms with E-state index in [-0.39, 0.29) is 17.5 Å². The Morgan fingerprint density at radius 3 is 2.48 bits per heavy atom. The van der Waals surface area contributed by atoms with E-state index >= 15 is 0 Å². The first-order valence-electron chi connectivity index (χ1n) is 10.4. The van der Waals surface area contributed by atoms with Crippen molar-refractivity contribution in [2.75, 3.05) is 25.0 Å². The number of nitrogens with zero attached hydrogens (tertiary/aromatic N) is 1. The van der Waals surface area contributed by atoms with E-state index in [0.29, 0.717) is 31.1 Å². The number of anilines is 1. The number of esters is 1. The fourth-order valence-electron chi connectivity index (χ4n) is 3.99. The predicted molar refractivity (Wildman–Crippen MR) is 110 cm³/mol. The number of carbonyl (C=O) groups is 2. The second kappa shape index (κ2) is 9.71. The number of amides is 1. The van der Waals surface area contributed by atoms with Gasteiger partial charge in [-0.25, -0.2) is 8.42 Å². The third-order valence-corrected chi connectivity index (χ3v) is 7.62. The largest absolute Gasteiger partial charge is 0.456 e. The van der Waals surface area contributed by atoms with Crippen LogP contribution in [-0.4, -0.2) is 44.3 Å². The molecule has 1 aliphatic heterocycles. The molecule has 0 atom stereocenters. The second-order valence-electron chi connectivity index (χ2n) is 8.00. The lowest BCUT2D eigenvalue weighted by atomic mass is 10.1. The number of hydrogen-bond donors (Lipinski definition) is 1. The molecule has 0 radical (unpaired) electrons. The summed E-state index contributed by atoms with van der Waals surface area (Å²) < 4.78 is 32.3. The molecule has 7 nitrogen and oxygen atoms in total. The highest BCUT2D eigenvalue weighted by Crippen LogP contribution is 2.28. The molecule has 2 fully saturated rings. The number of carbonyl (C=O) groups excluding carboxylic acids is 2. The van der Waals surface area contributed by atoms with Gasteiger partial charge >= 0.3 is 5.97 Å². The summed E-state index contributed by atoms with van der Waals surface area (Å²) in [7, 11) is -3.58. The molecule has 8 heteroatoms. The van der Waals surface area contributed by atoms with Crippen LogP contribution in [0.4, 0.5) is 5.69 Å². The Morgan fingerprint density at radius 1 is 1.10 bits per heavy atom. The molecule has 1 N–H and O–H groups in total. The minimum Gasteiger partial charge on any atom is -0.456 e. The van der Waals surface area contributed by atoms with Crippen molar-refractivity contribution in [3.05, 3.63) is 23.8 Å². The van der Waals surface area contributed by atoms with E-state index in [1.54, 1.807) is 19.1 Å². The zero-order valence-electron chi connectivity index (χ0n) is 17.0. The van der Waals surface area contributed by atoms with Gasteiger partial charge in [0.15, 0.2) is 6.61 Å². The minimum atomic E-state index is -3.58. The summed E-state index contributed by atoms with van der Waals surface area (Å²) in [6, 6.07) is 4.73. The Kier molecular flexibility index (Phi) is 7.29. The van der Waals surface area contributed by atoms with Crippen molar-refractivity contribution in [1.29, 1.82) is 0 Å². The summed E-state index contributed by atoms with van der Waals surface area (Å²) in [5.74, 6) is -0.463. The molecule has 1 saturated carbocycles. The quantitative estimate of drug-likeness (QED) is 0.681. The number of rotatable bonds is 7. The van der Waals surface area contributed by atoms with E-state index in [1.165, 1.54) is 10.4 Å². The third-order valence-electron chi connectivity index (χ3n) is 5.73. The van der Waals surface area contributed by atoms with Gasteiger partial charge in [-0.15, -0.1) is 0 Å². The van der Waals surface area contributed by atoms with Crippen molar-refractivity contribution in [2.24, 2.45) is 5.92 Å². The molecule has 0 aromatic heterocycles. The van der Waals surface area contributed by atoms with E-state index < -0.39 is 15.9 Å². The van der Waals surface area contributed by atoms with Gasteiger partial charge in [-0.05, 0) is 56.2 Å². The summed E-state index contributed by atoms with van der Waals surface area (Å²) in [6.07, 6.45) is 7.50. The number of hydrogen-bond acceptors (Lipinski definition) is 5. The fourth-order valence-corrected chi connectivity index (χ4v) is 5.54. The van der Waals surface area contributed by atoms with Crippen LogP contribution in [0.1, 0.15) is 56.9 Å². The molecule has 1 aliphatic carbocycles. The number of nitrogens with one attached hydrogen (secondary N) is 1. The van der Waals surface area contributed by atoms with Crippen molar-refractivity contribution in [3.63, 3.8) is 0 Å². The SMILES string of the molecule is Cc1ccc(S(=O)(=O)N2CCCCC2)cc1NC(=O)COC(=O)CC1CCCC1. The highest BCUT2D eigenvalue weighted by atomic mass is 32.2. The Bertz CT molecular complexity index is 841. The maximum Gasteiger partial charge on any atom is 0.306 e. The first kappa shape index (κ1) is 21.8. The molecular weight excluding hydrogens is 392 g/mol. The van der Waals surface area contributed by atoms with Gasteiger partial charge in [0.25, 0.3) is 5.91 Å². The minimum absolute atomic E-state index is 0.165. The van der Waals surface area contributed by atoms with Crippen LogP contribution >= 0.6 is 0 Å². The molecule has 0 bridgehead atoms. The number of piperidine rings is 1. The summed E-state index contributed by atoms with van der Waals surface area (Å²) in [5, 5.41) is 2.68. The van der Waals surface area contributed by atoms with Crippen molar-refractivity contribution in [2.45, 2.75) is 63.2 Å². The van der Waals surface area contributed by atoms with E-state index in [2.05, 4.69) is 5.32 Å². The molecule has 1 aromatic rings. The van der Waals surface area contributed by atoms with Gasteiger partial charge in [-0.1, -0.05) is 25.3 Å². The maximum atomic E-state index is 12.9. The van der Waals surface area contributed by atoms with Crippen LogP contribution < -0.4 is 5.32 Å².